The minimum atomic E-state index is -3.97. The standard InChI is InChI=1S/C27H40N2O6S/c1-20(2)18-28(36(34,35)23-13-11-21(12-14-23)15-16-30)19-25(31)24(17-22-9-7-6-8-10-22)29(26(32)33)27(3,4)5/h6-14,20,24-25,30-31H,15-19H2,1-5H3,(H,32,33)/t24-,25+/m0/s1. The van der Waals surface area contributed by atoms with Crippen molar-refractivity contribution >= 4 is 16.1 Å². The molecule has 0 aliphatic rings. The number of hydrogen-bond donors (Lipinski definition) is 3. The molecule has 8 nitrogen and oxygen atoms in total. The molecule has 0 spiro atoms. The van der Waals surface area contributed by atoms with Crippen LogP contribution in [0, 0.1) is 5.92 Å². The first-order valence-corrected chi connectivity index (χ1v) is 13.7. The van der Waals surface area contributed by atoms with E-state index in [9.17, 15) is 23.4 Å². The second kappa shape index (κ2) is 12.7. The summed E-state index contributed by atoms with van der Waals surface area (Å²) < 4.78 is 28.4. The van der Waals surface area contributed by atoms with Crippen molar-refractivity contribution in [3.63, 3.8) is 0 Å². The van der Waals surface area contributed by atoms with Crippen LogP contribution in [0.3, 0.4) is 0 Å². The van der Waals surface area contributed by atoms with E-state index in [2.05, 4.69) is 0 Å². The summed E-state index contributed by atoms with van der Waals surface area (Å²) in [5, 5.41) is 30.6. The van der Waals surface area contributed by atoms with E-state index in [1.165, 1.54) is 21.3 Å². The number of aliphatic hydroxyl groups is 2. The molecule has 0 saturated heterocycles. The molecule has 0 radical (unpaired) electrons. The van der Waals surface area contributed by atoms with Crippen molar-refractivity contribution in [1.29, 1.82) is 0 Å². The summed E-state index contributed by atoms with van der Waals surface area (Å²) in [7, 11) is -3.97. The summed E-state index contributed by atoms with van der Waals surface area (Å²) in [5.74, 6) is -0.0218. The van der Waals surface area contributed by atoms with Crippen molar-refractivity contribution in [2.45, 2.75) is 70.0 Å². The fraction of sp³-hybridized carbons (Fsp3) is 0.519. The van der Waals surface area contributed by atoms with E-state index >= 15 is 0 Å². The number of nitrogens with zero attached hydrogens (tertiary/aromatic N) is 2. The lowest BCUT2D eigenvalue weighted by Crippen LogP contribution is -2.58. The number of benzene rings is 2. The van der Waals surface area contributed by atoms with Gasteiger partial charge in [0.05, 0.1) is 17.0 Å². The lowest BCUT2D eigenvalue weighted by atomic mass is 9.94. The molecule has 2 aromatic rings. The molecule has 0 fully saturated rings. The van der Waals surface area contributed by atoms with Gasteiger partial charge in [-0.1, -0.05) is 56.3 Å². The van der Waals surface area contributed by atoms with E-state index in [0.717, 1.165) is 11.1 Å². The first-order valence-electron chi connectivity index (χ1n) is 12.2. The second-order valence-corrected chi connectivity index (χ2v) is 12.4. The third-order valence-corrected chi connectivity index (χ3v) is 7.76. The molecule has 9 heteroatoms. The van der Waals surface area contributed by atoms with Crippen molar-refractivity contribution in [2.24, 2.45) is 5.92 Å². The normalized spacial score (nSPS) is 14.1. The third kappa shape index (κ3) is 8.03. The van der Waals surface area contributed by atoms with Crippen LogP contribution in [0.25, 0.3) is 0 Å². The van der Waals surface area contributed by atoms with Crippen LogP contribution < -0.4 is 0 Å². The highest BCUT2D eigenvalue weighted by Gasteiger charge is 2.39. The van der Waals surface area contributed by atoms with Crippen LogP contribution in [0.2, 0.25) is 0 Å². The summed E-state index contributed by atoms with van der Waals surface area (Å²) in [4.78, 5) is 13.6. The van der Waals surface area contributed by atoms with Crippen molar-refractivity contribution in [1.82, 2.24) is 9.21 Å². The summed E-state index contributed by atoms with van der Waals surface area (Å²) in [6.45, 7) is 8.91. The van der Waals surface area contributed by atoms with Gasteiger partial charge >= 0.3 is 6.09 Å². The molecule has 36 heavy (non-hydrogen) atoms. The maximum Gasteiger partial charge on any atom is 0.408 e. The van der Waals surface area contributed by atoms with Gasteiger partial charge in [-0.3, -0.25) is 4.90 Å². The Kier molecular flexibility index (Phi) is 10.5. The smallest absolute Gasteiger partial charge is 0.408 e. The van der Waals surface area contributed by atoms with E-state index in [0.29, 0.717) is 6.42 Å². The summed E-state index contributed by atoms with van der Waals surface area (Å²) >= 11 is 0. The molecule has 0 aromatic heterocycles. The number of carbonyl (C=O) groups is 1. The van der Waals surface area contributed by atoms with E-state index in [1.807, 2.05) is 44.2 Å². The van der Waals surface area contributed by atoms with E-state index < -0.39 is 33.8 Å². The van der Waals surface area contributed by atoms with Gasteiger partial charge in [-0.25, -0.2) is 13.2 Å². The van der Waals surface area contributed by atoms with Gasteiger partial charge in [0.25, 0.3) is 0 Å². The molecule has 1 amide bonds. The molecule has 2 atom stereocenters. The Morgan fingerprint density at radius 3 is 2.00 bits per heavy atom. The molecule has 0 aliphatic heterocycles. The summed E-state index contributed by atoms with van der Waals surface area (Å²) in [6, 6.07) is 14.7. The van der Waals surface area contributed by atoms with E-state index in [4.69, 9.17) is 5.11 Å². The number of hydrogen-bond acceptors (Lipinski definition) is 5. The zero-order chi connectivity index (χ0) is 27.1. The zero-order valence-corrected chi connectivity index (χ0v) is 22.6. The SMILES string of the molecule is CC(C)CN(C[C@@H](O)[C@H](Cc1ccccc1)N(C(=O)O)C(C)(C)C)S(=O)(=O)c1ccc(CCO)cc1. The van der Waals surface area contributed by atoms with Gasteiger partial charge in [-0.15, -0.1) is 0 Å². The third-order valence-electron chi connectivity index (χ3n) is 5.91. The first kappa shape index (κ1) is 29.8. The van der Waals surface area contributed by atoms with Crippen LogP contribution in [0.1, 0.15) is 45.7 Å². The number of rotatable bonds is 12. The highest BCUT2D eigenvalue weighted by Crippen LogP contribution is 2.25. The monoisotopic (exact) mass is 520 g/mol. The predicted molar refractivity (Wildman–Crippen MR) is 140 cm³/mol. The van der Waals surface area contributed by atoms with Crippen molar-refractivity contribution in [3.05, 3.63) is 65.7 Å². The molecule has 0 unspecified atom stereocenters. The van der Waals surface area contributed by atoms with Crippen LogP contribution in [0.15, 0.2) is 59.5 Å². The fourth-order valence-electron chi connectivity index (χ4n) is 4.30. The van der Waals surface area contributed by atoms with Crippen molar-refractivity contribution < 1.29 is 28.5 Å². The average molecular weight is 521 g/mol. The van der Waals surface area contributed by atoms with Crippen LogP contribution >= 0.6 is 0 Å². The Morgan fingerprint density at radius 2 is 1.53 bits per heavy atom. The maximum absolute atomic E-state index is 13.6. The van der Waals surface area contributed by atoms with Crippen LogP contribution in [-0.2, 0) is 22.9 Å². The average Bonchev–Trinajstić information content (AvgIpc) is 2.78. The van der Waals surface area contributed by atoms with Gasteiger partial charge in [0, 0.05) is 25.2 Å². The first-order chi connectivity index (χ1) is 16.8. The molecule has 0 heterocycles. The summed E-state index contributed by atoms with van der Waals surface area (Å²) in [6.07, 6.45) is -1.80. The molecule has 2 rings (SSSR count). The van der Waals surface area contributed by atoms with Gasteiger partial charge in [0.1, 0.15) is 0 Å². The highest BCUT2D eigenvalue weighted by molar-refractivity contribution is 7.89. The minimum absolute atomic E-state index is 0.0218. The largest absolute Gasteiger partial charge is 0.465 e. The number of sulfonamides is 1. The predicted octanol–water partition coefficient (Wildman–Crippen LogP) is 3.62. The minimum Gasteiger partial charge on any atom is -0.465 e. The van der Waals surface area contributed by atoms with Gasteiger partial charge in [-0.2, -0.15) is 4.31 Å². The van der Waals surface area contributed by atoms with Gasteiger partial charge in [-0.05, 0) is 62.8 Å². The maximum atomic E-state index is 13.6. The molecule has 0 aliphatic carbocycles. The zero-order valence-electron chi connectivity index (χ0n) is 21.8. The molecule has 200 valence electrons. The molecule has 3 N–H and O–H groups in total. The van der Waals surface area contributed by atoms with Gasteiger partial charge < -0.3 is 15.3 Å². The molecular weight excluding hydrogens is 480 g/mol. The second-order valence-electron chi connectivity index (χ2n) is 10.5. The quantitative estimate of drug-likeness (QED) is 0.393. The Labute approximate surface area is 215 Å². The van der Waals surface area contributed by atoms with Crippen LogP contribution in [0.4, 0.5) is 4.79 Å². The molecular formula is C27H40N2O6S. The van der Waals surface area contributed by atoms with Crippen molar-refractivity contribution in [2.75, 3.05) is 19.7 Å². The van der Waals surface area contributed by atoms with Gasteiger partial charge in [0.2, 0.25) is 10.0 Å². The summed E-state index contributed by atoms with van der Waals surface area (Å²) in [5.41, 5.74) is 0.836. The molecule has 2 aromatic carbocycles. The fourth-order valence-corrected chi connectivity index (χ4v) is 5.92. The number of amides is 1. The Bertz CT molecular complexity index is 1070. The molecule has 0 bridgehead atoms. The van der Waals surface area contributed by atoms with Crippen molar-refractivity contribution in [3.8, 4) is 0 Å². The Morgan fingerprint density at radius 1 is 0.944 bits per heavy atom. The Balaban J connectivity index is 2.44. The number of aliphatic hydroxyl groups excluding tert-OH is 2. The Hall–Kier alpha value is -2.46. The van der Waals surface area contributed by atoms with E-state index in [-0.39, 0.29) is 36.9 Å². The highest BCUT2D eigenvalue weighted by atomic mass is 32.2. The lowest BCUT2D eigenvalue weighted by molar-refractivity contribution is 0.000540. The van der Waals surface area contributed by atoms with Gasteiger partial charge in [0.15, 0.2) is 0 Å². The van der Waals surface area contributed by atoms with E-state index in [1.54, 1.807) is 32.9 Å². The molecule has 0 saturated carbocycles. The number of carboxylic acid groups (broad SMARTS) is 1. The van der Waals surface area contributed by atoms with Crippen LogP contribution in [0.5, 0.6) is 0 Å². The lowest BCUT2D eigenvalue weighted by Gasteiger charge is -2.42. The topological polar surface area (TPSA) is 118 Å². The van der Waals surface area contributed by atoms with Crippen LogP contribution in [-0.4, -0.2) is 76.4 Å².